The van der Waals surface area contributed by atoms with Crippen LogP contribution in [0.25, 0.3) is 5.69 Å². The van der Waals surface area contributed by atoms with Crippen LogP contribution in [0.15, 0.2) is 90.5 Å². The Morgan fingerprint density at radius 1 is 0.891 bits per heavy atom. The van der Waals surface area contributed by atoms with E-state index in [9.17, 15) is 9.90 Å². The van der Waals surface area contributed by atoms with Gasteiger partial charge in [-0.05, 0) is 74.0 Å². The van der Waals surface area contributed by atoms with E-state index < -0.39 is 5.60 Å². The molecule has 0 saturated carbocycles. The third-order valence-corrected chi connectivity index (χ3v) is 9.02. The molecule has 13 heteroatoms. The summed E-state index contributed by atoms with van der Waals surface area (Å²) < 4.78 is 10.7. The normalized spacial score (nSPS) is 15.5. The average molecular weight is 664 g/mol. The largest absolute Gasteiger partial charge is 0.490 e. The van der Waals surface area contributed by atoms with E-state index in [2.05, 4.69) is 37.1 Å². The monoisotopic (exact) mass is 662 g/mol. The Morgan fingerprint density at radius 2 is 1.52 bits per heavy atom. The van der Waals surface area contributed by atoms with Gasteiger partial charge in [-0.15, -0.1) is 0 Å². The second-order valence-corrected chi connectivity index (χ2v) is 12.4. The van der Waals surface area contributed by atoms with Gasteiger partial charge in [0.1, 0.15) is 36.9 Å². The molecule has 1 aliphatic rings. The SMILES string of the molecule is CCC(C)n1ncn(-c2ccc(N3CCN(c4ccc(OCC(O)(Cn5cncn5)c5ccc(Cl)cc5Cl)cc4)CC3)cc2)c1=O. The van der Waals surface area contributed by atoms with E-state index in [4.69, 9.17) is 27.9 Å². The number of nitrogens with zero attached hydrogens (tertiary/aromatic N) is 8. The molecular formula is C33H36Cl2N8O3. The Hall–Kier alpha value is -4.32. The molecule has 0 amide bonds. The minimum absolute atomic E-state index is 0.0557. The van der Waals surface area contributed by atoms with Gasteiger partial charge in [-0.2, -0.15) is 10.2 Å². The van der Waals surface area contributed by atoms with Gasteiger partial charge in [0.25, 0.3) is 0 Å². The van der Waals surface area contributed by atoms with E-state index in [1.807, 2.05) is 50.2 Å². The molecule has 0 spiro atoms. The lowest BCUT2D eigenvalue weighted by molar-refractivity contribution is -0.0269. The lowest BCUT2D eigenvalue weighted by atomic mass is 9.94. The molecule has 3 heterocycles. The second-order valence-electron chi connectivity index (χ2n) is 11.5. The van der Waals surface area contributed by atoms with Gasteiger partial charge < -0.3 is 19.6 Å². The van der Waals surface area contributed by atoms with Gasteiger partial charge in [0.2, 0.25) is 0 Å². The van der Waals surface area contributed by atoms with Crippen LogP contribution < -0.4 is 20.2 Å². The summed E-state index contributed by atoms with van der Waals surface area (Å²) in [5.41, 5.74) is 1.91. The minimum Gasteiger partial charge on any atom is -0.490 e. The molecule has 5 aromatic rings. The number of benzene rings is 3. The van der Waals surface area contributed by atoms with Crippen LogP contribution in [-0.2, 0) is 12.1 Å². The van der Waals surface area contributed by atoms with Crippen LogP contribution in [0.3, 0.4) is 0 Å². The molecule has 1 N–H and O–H groups in total. The number of aromatic nitrogens is 6. The zero-order valence-electron chi connectivity index (χ0n) is 25.7. The molecule has 1 aliphatic heterocycles. The van der Waals surface area contributed by atoms with Gasteiger partial charge in [-0.3, -0.25) is 0 Å². The number of piperazine rings is 1. The topological polar surface area (TPSA) is 106 Å². The molecule has 240 valence electrons. The predicted octanol–water partition coefficient (Wildman–Crippen LogP) is 5.20. The van der Waals surface area contributed by atoms with Crippen molar-refractivity contribution < 1.29 is 9.84 Å². The zero-order chi connectivity index (χ0) is 32.3. The number of hydrogen-bond acceptors (Lipinski definition) is 8. The van der Waals surface area contributed by atoms with Crippen LogP contribution in [0, 0.1) is 0 Å². The predicted molar refractivity (Wildman–Crippen MR) is 180 cm³/mol. The van der Waals surface area contributed by atoms with Gasteiger partial charge >= 0.3 is 5.69 Å². The van der Waals surface area contributed by atoms with Crippen molar-refractivity contribution in [2.24, 2.45) is 0 Å². The van der Waals surface area contributed by atoms with E-state index in [1.165, 1.54) is 22.0 Å². The number of rotatable bonds is 11. The lowest BCUT2D eigenvalue weighted by Gasteiger charge is -2.37. The third kappa shape index (κ3) is 6.76. The van der Waals surface area contributed by atoms with Crippen molar-refractivity contribution in [1.82, 2.24) is 29.1 Å². The van der Waals surface area contributed by atoms with E-state index in [1.54, 1.807) is 29.1 Å². The molecule has 6 rings (SSSR count). The van der Waals surface area contributed by atoms with Crippen molar-refractivity contribution in [3.8, 4) is 11.4 Å². The molecule has 0 bridgehead atoms. The maximum Gasteiger partial charge on any atom is 0.350 e. The summed E-state index contributed by atoms with van der Waals surface area (Å²) in [4.78, 5) is 21.5. The first-order chi connectivity index (χ1) is 22.2. The van der Waals surface area contributed by atoms with Gasteiger partial charge in [0.15, 0.2) is 0 Å². The first-order valence-corrected chi connectivity index (χ1v) is 16.0. The van der Waals surface area contributed by atoms with Crippen molar-refractivity contribution in [2.45, 2.75) is 38.5 Å². The zero-order valence-corrected chi connectivity index (χ0v) is 27.2. The Kier molecular flexibility index (Phi) is 9.34. The van der Waals surface area contributed by atoms with Crippen LogP contribution in [-0.4, -0.2) is 67.0 Å². The van der Waals surface area contributed by atoms with E-state index in [0.29, 0.717) is 21.4 Å². The van der Waals surface area contributed by atoms with Crippen LogP contribution in [0.4, 0.5) is 11.4 Å². The number of ether oxygens (including phenoxy) is 1. The number of aliphatic hydroxyl groups is 1. The van der Waals surface area contributed by atoms with Gasteiger partial charge in [0.05, 0.1) is 18.3 Å². The first-order valence-electron chi connectivity index (χ1n) is 15.2. The van der Waals surface area contributed by atoms with Crippen molar-refractivity contribution in [3.63, 3.8) is 0 Å². The molecular weight excluding hydrogens is 627 g/mol. The summed E-state index contributed by atoms with van der Waals surface area (Å²) >= 11 is 12.6. The Labute approximate surface area is 277 Å². The van der Waals surface area contributed by atoms with Crippen molar-refractivity contribution >= 4 is 34.6 Å². The third-order valence-electron chi connectivity index (χ3n) is 8.48. The van der Waals surface area contributed by atoms with Crippen molar-refractivity contribution in [2.75, 3.05) is 42.6 Å². The fraction of sp³-hybridized carbons (Fsp3) is 0.333. The minimum atomic E-state index is -1.48. The summed E-state index contributed by atoms with van der Waals surface area (Å²) in [6, 6.07) is 21.0. The Balaban J connectivity index is 1.06. The highest BCUT2D eigenvalue weighted by molar-refractivity contribution is 6.35. The fourth-order valence-corrected chi connectivity index (χ4v) is 6.21. The summed E-state index contributed by atoms with van der Waals surface area (Å²) in [7, 11) is 0. The van der Waals surface area contributed by atoms with Gasteiger partial charge in [0, 0.05) is 53.2 Å². The fourth-order valence-electron chi connectivity index (χ4n) is 5.63. The summed E-state index contributed by atoms with van der Waals surface area (Å²) in [5.74, 6) is 0.623. The molecule has 2 atom stereocenters. The van der Waals surface area contributed by atoms with Crippen LogP contribution in [0.1, 0.15) is 31.9 Å². The maximum absolute atomic E-state index is 12.8. The molecule has 46 heavy (non-hydrogen) atoms. The molecule has 11 nitrogen and oxygen atoms in total. The molecule has 1 fully saturated rings. The van der Waals surface area contributed by atoms with Crippen molar-refractivity contribution in [1.29, 1.82) is 0 Å². The van der Waals surface area contributed by atoms with Crippen LogP contribution >= 0.6 is 23.2 Å². The number of halogens is 2. The molecule has 2 unspecified atom stereocenters. The highest BCUT2D eigenvalue weighted by atomic mass is 35.5. The first kappa shape index (κ1) is 31.7. The maximum atomic E-state index is 12.8. The smallest absolute Gasteiger partial charge is 0.350 e. The molecule has 3 aromatic carbocycles. The number of hydrogen-bond donors (Lipinski definition) is 1. The Morgan fingerprint density at radius 3 is 2.11 bits per heavy atom. The molecule has 1 saturated heterocycles. The van der Waals surface area contributed by atoms with Crippen molar-refractivity contribution in [3.05, 3.63) is 112 Å². The highest BCUT2D eigenvalue weighted by Crippen LogP contribution is 2.33. The quantitative estimate of drug-likeness (QED) is 0.206. The molecule has 0 aliphatic carbocycles. The average Bonchev–Trinajstić information content (AvgIpc) is 3.73. The van der Waals surface area contributed by atoms with Gasteiger partial charge in [-0.25, -0.2) is 23.7 Å². The van der Waals surface area contributed by atoms with Crippen LogP contribution in [0.5, 0.6) is 5.75 Å². The van der Waals surface area contributed by atoms with E-state index in [-0.39, 0.29) is 24.9 Å². The Bertz CT molecular complexity index is 1800. The molecule has 0 radical (unpaired) electrons. The molecule has 2 aromatic heterocycles. The standard InChI is InChI=1S/C33H36Cl2N8O3/c1-3-24(2)43-32(44)42(23-38-43)28-7-5-26(6-8-28)39-14-16-40(17-15-39)27-9-11-29(12-10-27)46-20-33(45,19-41-22-36-21-37-41)30-13-4-25(34)18-31(30)35/h4-13,18,21-24,45H,3,14-17,19-20H2,1-2H3. The number of anilines is 2. The van der Waals surface area contributed by atoms with E-state index >= 15 is 0 Å². The second kappa shape index (κ2) is 13.6. The highest BCUT2D eigenvalue weighted by Gasteiger charge is 2.34. The summed E-state index contributed by atoms with van der Waals surface area (Å²) in [6.45, 7) is 7.52. The summed E-state index contributed by atoms with van der Waals surface area (Å²) in [5, 5.41) is 21.0. The van der Waals surface area contributed by atoms with Gasteiger partial charge in [-0.1, -0.05) is 36.2 Å². The van der Waals surface area contributed by atoms with Crippen LogP contribution in [0.2, 0.25) is 10.0 Å². The lowest BCUT2D eigenvalue weighted by Crippen LogP contribution is -2.46. The van der Waals surface area contributed by atoms with E-state index in [0.717, 1.165) is 49.7 Å². The summed E-state index contributed by atoms with van der Waals surface area (Å²) in [6.07, 6.45) is 5.38.